The van der Waals surface area contributed by atoms with Crippen LogP contribution in [0.25, 0.3) is 6.08 Å². The third-order valence-corrected chi connectivity index (χ3v) is 2.93. The highest BCUT2D eigenvalue weighted by Crippen LogP contribution is 2.29. The Balaban J connectivity index is 2.14. The van der Waals surface area contributed by atoms with Gasteiger partial charge in [0.25, 0.3) is 0 Å². The van der Waals surface area contributed by atoms with E-state index in [1.807, 2.05) is 24.4 Å². The number of fused-ring (bicyclic) bond motifs is 1. The van der Waals surface area contributed by atoms with E-state index in [4.69, 9.17) is 4.74 Å². The zero-order chi connectivity index (χ0) is 9.26. The number of carbonyl (C=O) groups excluding carboxylic acids is 1. The molecule has 0 saturated carbocycles. The molecule has 13 heavy (non-hydrogen) atoms. The van der Waals surface area contributed by atoms with Crippen LogP contribution in [-0.4, -0.2) is 12.6 Å². The molecule has 0 amide bonds. The number of rotatable bonds is 2. The van der Waals surface area contributed by atoms with E-state index in [9.17, 15) is 4.79 Å². The van der Waals surface area contributed by atoms with Crippen LogP contribution >= 0.6 is 11.3 Å². The summed E-state index contributed by atoms with van der Waals surface area (Å²) in [5, 5.41) is 2.04. The zero-order valence-electron chi connectivity index (χ0n) is 7.37. The van der Waals surface area contributed by atoms with Crippen molar-refractivity contribution in [3.05, 3.63) is 27.5 Å². The Kier molecular flexibility index (Phi) is 2.19. The predicted molar refractivity (Wildman–Crippen MR) is 52.6 cm³/mol. The molecule has 1 aromatic heterocycles. The standard InChI is InChI=1S/C10H10O2S/c1-2-12-10(11)8-5-7-3-4-13-9(7)6-8/h3-5H,2,6H2,1H3. The largest absolute Gasteiger partial charge is 0.463 e. The maximum Gasteiger partial charge on any atom is 0.334 e. The average molecular weight is 194 g/mol. The summed E-state index contributed by atoms with van der Waals surface area (Å²) in [7, 11) is 0. The summed E-state index contributed by atoms with van der Waals surface area (Å²) in [5.74, 6) is -0.175. The van der Waals surface area contributed by atoms with Crippen LogP contribution in [0.5, 0.6) is 0 Å². The van der Waals surface area contributed by atoms with Gasteiger partial charge in [-0.3, -0.25) is 0 Å². The Morgan fingerprint density at radius 1 is 1.69 bits per heavy atom. The molecule has 0 radical (unpaired) electrons. The van der Waals surface area contributed by atoms with Crippen LogP contribution in [-0.2, 0) is 16.0 Å². The van der Waals surface area contributed by atoms with Crippen molar-refractivity contribution in [3.63, 3.8) is 0 Å². The highest BCUT2D eigenvalue weighted by atomic mass is 32.1. The second-order valence-corrected chi connectivity index (χ2v) is 3.87. The molecule has 0 aromatic carbocycles. The normalized spacial score (nSPS) is 13.8. The van der Waals surface area contributed by atoms with Gasteiger partial charge in [0.05, 0.1) is 6.61 Å². The van der Waals surface area contributed by atoms with Gasteiger partial charge in [-0.15, -0.1) is 11.3 Å². The number of esters is 1. The molecule has 1 aliphatic carbocycles. The Hall–Kier alpha value is -1.09. The summed E-state index contributed by atoms with van der Waals surface area (Å²) in [6.45, 7) is 2.27. The van der Waals surface area contributed by atoms with Crippen LogP contribution in [0, 0.1) is 0 Å². The summed E-state index contributed by atoms with van der Waals surface area (Å²) in [4.78, 5) is 12.6. The first-order valence-electron chi connectivity index (χ1n) is 4.25. The molecular formula is C10H10O2S. The van der Waals surface area contributed by atoms with E-state index in [2.05, 4.69) is 0 Å². The smallest absolute Gasteiger partial charge is 0.334 e. The topological polar surface area (TPSA) is 26.3 Å². The summed E-state index contributed by atoms with van der Waals surface area (Å²) in [5.41, 5.74) is 1.96. The average Bonchev–Trinajstić information content (AvgIpc) is 2.61. The van der Waals surface area contributed by atoms with E-state index >= 15 is 0 Å². The number of carbonyl (C=O) groups is 1. The van der Waals surface area contributed by atoms with Crippen LogP contribution < -0.4 is 0 Å². The van der Waals surface area contributed by atoms with E-state index in [0.29, 0.717) is 6.61 Å². The molecule has 1 heterocycles. The molecule has 2 rings (SSSR count). The van der Waals surface area contributed by atoms with E-state index < -0.39 is 0 Å². The minimum Gasteiger partial charge on any atom is -0.463 e. The van der Waals surface area contributed by atoms with Gasteiger partial charge in [0.1, 0.15) is 0 Å². The molecule has 0 unspecified atom stereocenters. The fraction of sp³-hybridized carbons (Fsp3) is 0.300. The van der Waals surface area contributed by atoms with Crippen molar-refractivity contribution in [1.29, 1.82) is 0 Å². The molecule has 0 atom stereocenters. The fourth-order valence-electron chi connectivity index (χ4n) is 1.39. The first-order valence-corrected chi connectivity index (χ1v) is 5.13. The van der Waals surface area contributed by atoms with Crippen LogP contribution in [0.3, 0.4) is 0 Å². The number of hydrogen-bond donors (Lipinski definition) is 0. The van der Waals surface area contributed by atoms with Gasteiger partial charge in [0, 0.05) is 16.9 Å². The molecule has 0 fully saturated rings. The van der Waals surface area contributed by atoms with Gasteiger partial charge in [-0.2, -0.15) is 0 Å². The highest BCUT2D eigenvalue weighted by Gasteiger charge is 2.19. The number of hydrogen-bond acceptors (Lipinski definition) is 3. The van der Waals surface area contributed by atoms with Crippen molar-refractivity contribution in [1.82, 2.24) is 0 Å². The van der Waals surface area contributed by atoms with Crippen molar-refractivity contribution >= 4 is 23.4 Å². The Morgan fingerprint density at radius 3 is 3.23 bits per heavy atom. The van der Waals surface area contributed by atoms with Gasteiger partial charge in [-0.25, -0.2) is 4.79 Å². The number of thiophene rings is 1. The van der Waals surface area contributed by atoms with E-state index in [-0.39, 0.29) is 5.97 Å². The quantitative estimate of drug-likeness (QED) is 0.675. The lowest BCUT2D eigenvalue weighted by Gasteiger charge is -2.00. The molecule has 68 valence electrons. The lowest BCUT2D eigenvalue weighted by atomic mass is 10.2. The molecular weight excluding hydrogens is 184 g/mol. The zero-order valence-corrected chi connectivity index (χ0v) is 8.19. The molecule has 2 nitrogen and oxygen atoms in total. The summed E-state index contributed by atoms with van der Waals surface area (Å²) >= 11 is 1.69. The highest BCUT2D eigenvalue weighted by molar-refractivity contribution is 7.10. The molecule has 1 aliphatic rings. The van der Waals surface area contributed by atoms with Crippen molar-refractivity contribution in [3.8, 4) is 0 Å². The Labute approximate surface area is 80.8 Å². The summed E-state index contributed by atoms with van der Waals surface area (Å²) in [6, 6.07) is 2.03. The Morgan fingerprint density at radius 2 is 2.54 bits per heavy atom. The van der Waals surface area contributed by atoms with Crippen LogP contribution in [0.4, 0.5) is 0 Å². The summed E-state index contributed by atoms with van der Waals surface area (Å²) in [6.07, 6.45) is 2.66. The van der Waals surface area contributed by atoms with Crippen molar-refractivity contribution in [2.75, 3.05) is 6.61 Å². The van der Waals surface area contributed by atoms with Crippen molar-refractivity contribution in [2.45, 2.75) is 13.3 Å². The van der Waals surface area contributed by atoms with E-state index in [1.165, 1.54) is 10.4 Å². The molecule has 0 spiro atoms. The lowest BCUT2D eigenvalue weighted by molar-refractivity contribution is -0.138. The van der Waals surface area contributed by atoms with E-state index in [1.54, 1.807) is 11.3 Å². The van der Waals surface area contributed by atoms with Gasteiger partial charge in [0.2, 0.25) is 0 Å². The third kappa shape index (κ3) is 1.52. The van der Waals surface area contributed by atoms with Gasteiger partial charge < -0.3 is 4.74 Å². The monoisotopic (exact) mass is 194 g/mol. The SMILES string of the molecule is CCOC(=O)C1=Cc2ccsc2C1. The predicted octanol–water partition coefficient (Wildman–Crippen LogP) is 2.25. The number of ether oxygens (including phenoxy) is 1. The first-order chi connectivity index (χ1) is 6.31. The second-order valence-electron chi connectivity index (χ2n) is 2.87. The van der Waals surface area contributed by atoms with Gasteiger partial charge in [0.15, 0.2) is 0 Å². The van der Waals surface area contributed by atoms with Crippen molar-refractivity contribution < 1.29 is 9.53 Å². The summed E-state index contributed by atoms with van der Waals surface area (Å²) < 4.78 is 4.92. The van der Waals surface area contributed by atoms with E-state index in [0.717, 1.165) is 12.0 Å². The van der Waals surface area contributed by atoms with Crippen LogP contribution in [0.1, 0.15) is 17.4 Å². The maximum absolute atomic E-state index is 11.3. The molecule has 3 heteroatoms. The first kappa shape index (κ1) is 8.51. The van der Waals surface area contributed by atoms with Gasteiger partial charge >= 0.3 is 5.97 Å². The molecule has 0 saturated heterocycles. The van der Waals surface area contributed by atoms with Gasteiger partial charge in [-0.05, 0) is 30.0 Å². The molecule has 0 bridgehead atoms. The maximum atomic E-state index is 11.3. The van der Waals surface area contributed by atoms with Gasteiger partial charge in [-0.1, -0.05) is 0 Å². The third-order valence-electron chi connectivity index (χ3n) is 2.00. The minimum atomic E-state index is -0.175. The minimum absolute atomic E-state index is 0.175. The molecule has 0 N–H and O–H groups in total. The molecule has 1 aromatic rings. The second kappa shape index (κ2) is 3.34. The fourth-order valence-corrected chi connectivity index (χ4v) is 2.27. The van der Waals surface area contributed by atoms with Crippen molar-refractivity contribution in [2.24, 2.45) is 0 Å². The molecule has 0 aliphatic heterocycles. The lowest BCUT2D eigenvalue weighted by Crippen LogP contribution is -2.06. The Bertz CT molecular complexity index is 363. The van der Waals surface area contributed by atoms with Crippen LogP contribution in [0.2, 0.25) is 0 Å². The van der Waals surface area contributed by atoms with Crippen LogP contribution in [0.15, 0.2) is 17.0 Å².